The number of rotatable bonds is 10. The van der Waals surface area contributed by atoms with Crippen molar-refractivity contribution in [2.24, 2.45) is 5.73 Å². The van der Waals surface area contributed by atoms with Crippen LogP contribution in [0.3, 0.4) is 0 Å². The van der Waals surface area contributed by atoms with Crippen LogP contribution in [0.1, 0.15) is 24.5 Å². The molecule has 0 radical (unpaired) electrons. The molecule has 38 heavy (non-hydrogen) atoms. The zero-order chi connectivity index (χ0) is 27.4. The minimum absolute atomic E-state index is 0.0745. The predicted molar refractivity (Wildman–Crippen MR) is 144 cm³/mol. The van der Waals surface area contributed by atoms with Gasteiger partial charge in [-0.2, -0.15) is 0 Å². The van der Waals surface area contributed by atoms with Gasteiger partial charge in [0.1, 0.15) is 23.7 Å². The summed E-state index contributed by atoms with van der Waals surface area (Å²) in [6, 6.07) is 15.5. The van der Waals surface area contributed by atoms with Crippen LogP contribution in [-0.4, -0.2) is 63.7 Å². The SMILES string of the molecule is CCOC(=O)C(Cc1ccc(C(=N)N)cc1)N1CCC(N(c2ccc3cc(OC)ccc3c2)S(=O)[O-])C1=O. The van der Waals surface area contributed by atoms with E-state index >= 15 is 0 Å². The third-order valence-corrected chi connectivity index (χ3v) is 7.36. The van der Waals surface area contributed by atoms with E-state index < -0.39 is 35.2 Å². The minimum Gasteiger partial charge on any atom is -0.755 e. The molecule has 0 saturated carbocycles. The van der Waals surface area contributed by atoms with Gasteiger partial charge in [-0.1, -0.05) is 36.4 Å². The van der Waals surface area contributed by atoms with E-state index in [1.807, 2.05) is 12.1 Å². The van der Waals surface area contributed by atoms with Crippen molar-refractivity contribution < 1.29 is 27.8 Å². The topological polar surface area (TPSA) is 149 Å². The summed E-state index contributed by atoms with van der Waals surface area (Å²) in [5.74, 6) is -0.430. The van der Waals surface area contributed by atoms with Crippen LogP contribution in [0.5, 0.6) is 5.75 Å². The van der Waals surface area contributed by atoms with Crippen molar-refractivity contribution in [1.82, 2.24) is 4.90 Å². The number of methoxy groups -OCH3 is 1. The molecular weight excluding hydrogens is 508 g/mol. The summed E-state index contributed by atoms with van der Waals surface area (Å²) in [5.41, 5.74) is 7.17. The third kappa shape index (κ3) is 5.63. The molecule has 1 aliphatic heterocycles. The van der Waals surface area contributed by atoms with Gasteiger partial charge in [-0.15, -0.1) is 0 Å². The van der Waals surface area contributed by atoms with E-state index in [0.29, 0.717) is 17.0 Å². The third-order valence-electron chi connectivity index (χ3n) is 6.57. The fourth-order valence-electron chi connectivity index (χ4n) is 4.66. The monoisotopic (exact) mass is 537 g/mol. The highest BCUT2D eigenvalue weighted by atomic mass is 32.2. The fraction of sp³-hybridized carbons (Fsp3) is 0.296. The molecule has 3 aromatic carbocycles. The zero-order valence-corrected chi connectivity index (χ0v) is 21.9. The van der Waals surface area contributed by atoms with Crippen molar-refractivity contribution in [3.05, 3.63) is 71.8 Å². The van der Waals surface area contributed by atoms with Crippen LogP contribution in [0.4, 0.5) is 5.69 Å². The van der Waals surface area contributed by atoms with Gasteiger partial charge < -0.3 is 24.7 Å². The Hall–Kier alpha value is -3.96. The van der Waals surface area contributed by atoms with Crippen LogP contribution in [0.15, 0.2) is 60.7 Å². The number of hydrogen-bond acceptors (Lipinski definition) is 7. The number of nitrogens with zero attached hydrogens (tertiary/aromatic N) is 2. The number of nitrogens with one attached hydrogen (secondary N) is 1. The number of esters is 1. The summed E-state index contributed by atoms with van der Waals surface area (Å²) in [4.78, 5) is 27.9. The Bertz CT molecular complexity index is 1380. The Morgan fingerprint density at radius 2 is 1.87 bits per heavy atom. The lowest BCUT2D eigenvalue weighted by atomic mass is 10.0. The van der Waals surface area contributed by atoms with Gasteiger partial charge >= 0.3 is 5.97 Å². The number of nitrogen functional groups attached to an aromatic ring is 1. The van der Waals surface area contributed by atoms with E-state index in [9.17, 15) is 18.4 Å². The van der Waals surface area contributed by atoms with Crippen LogP contribution in [-0.2, 0) is 32.0 Å². The average Bonchev–Trinajstić information content (AvgIpc) is 3.27. The maximum Gasteiger partial charge on any atom is 0.329 e. The van der Waals surface area contributed by atoms with Gasteiger partial charge in [0.15, 0.2) is 0 Å². The normalized spacial score (nSPS) is 16.8. The first kappa shape index (κ1) is 27.1. The van der Waals surface area contributed by atoms with Gasteiger partial charge in [0.2, 0.25) is 5.91 Å². The Morgan fingerprint density at radius 1 is 1.18 bits per heavy atom. The lowest BCUT2D eigenvalue weighted by Crippen LogP contribution is -2.49. The van der Waals surface area contributed by atoms with E-state index in [2.05, 4.69) is 0 Å². The number of anilines is 1. The number of likely N-dealkylation sites (tertiary alicyclic amines) is 1. The number of amides is 1. The van der Waals surface area contributed by atoms with Crippen molar-refractivity contribution in [3.63, 3.8) is 0 Å². The molecule has 3 atom stereocenters. The smallest absolute Gasteiger partial charge is 0.329 e. The summed E-state index contributed by atoms with van der Waals surface area (Å²) in [5, 5.41) is 9.21. The Labute approximate surface area is 223 Å². The Morgan fingerprint density at radius 3 is 2.50 bits per heavy atom. The van der Waals surface area contributed by atoms with Gasteiger partial charge in [0, 0.05) is 35.5 Å². The summed E-state index contributed by atoms with van der Waals surface area (Å²) in [6.07, 6.45) is 0.389. The summed E-state index contributed by atoms with van der Waals surface area (Å²) in [6.45, 7) is 2.02. The molecule has 0 aromatic heterocycles. The van der Waals surface area contributed by atoms with Gasteiger partial charge in [-0.3, -0.25) is 18.7 Å². The van der Waals surface area contributed by atoms with Crippen LogP contribution in [0, 0.1) is 5.41 Å². The van der Waals surface area contributed by atoms with Crippen molar-refractivity contribution in [1.29, 1.82) is 5.41 Å². The Kier molecular flexibility index (Phi) is 8.28. The standard InChI is InChI=1S/C27H30N4O6S/c1-3-37-27(33)24(14-17-4-6-18(7-5-17)25(28)29)30-13-12-23(26(30)32)31(38(34)35)21-10-8-20-16-22(36-2)11-9-19(20)15-21/h4-11,15-16,23-24H,3,12-14H2,1-2H3,(H3,28,29)(H,34,35)/p-1. The van der Waals surface area contributed by atoms with Crippen LogP contribution >= 0.6 is 0 Å². The second-order valence-electron chi connectivity index (χ2n) is 8.86. The first-order valence-electron chi connectivity index (χ1n) is 12.1. The van der Waals surface area contributed by atoms with Crippen molar-refractivity contribution in [2.45, 2.75) is 31.8 Å². The average molecular weight is 538 g/mol. The first-order valence-corrected chi connectivity index (χ1v) is 13.1. The summed E-state index contributed by atoms with van der Waals surface area (Å²) < 4.78 is 36.3. The molecule has 3 N–H and O–H groups in total. The highest BCUT2D eigenvalue weighted by molar-refractivity contribution is 7.80. The van der Waals surface area contributed by atoms with E-state index in [4.69, 9.17) is 20.6 Å². The molecule has 0 spiro atoms. The van der Waals surface area contributed by atoms with Crippen molar-refractivity contribution in [2.75, 3.05) is 24.6 Å². The molecule has 4 rings (SSSR count). The quantitative estimate of drug-likeness (QED) is 0.175. The van der Waals surface area contributed by atoms with Crippen LogP contribution in [0.2, 0.25) is 0 Å². The highest BCUT2D eigenvalue weighted by Gasteiger charge is 2.43. The zero-order valence-electron chi connectivity index (χ0n) is 21.1. The molecule has 200 valence electrons. The predicted octanol–water partition coefficient (Wildman–Crippen LogP) is 2.51. The number of carbonyl (C=O) groups excluding carboxylic acids is 2. The highest BCUT2D eigenvalue weighted by Crippen LogP contribution is 2.31. The maximum absolute atomic E-state index is 13.6. The van der Waals surface area contributed by atoms with E-state index in [1.165, 1.54) is 4.90 Å². The number of fused-ring (bicyclic) bond motifs is 1. The maximum atomic E-state index is 13.6. The molecule has 3 unspecified atom stereocenters. The molecule has 1 fully saturated rings. The fourth-order valence-corrected chi connectivity index (χ4v) is 5.35. The van der Waals surface area contributed by atoms with Gasteiger partial charge in [-0.25, -0.2) is 4.79 Å². The van der Waals surface area contributed by atoms with E-state index in [0.717, 1.165) is 20.6 Å². The molecule has 11 heteroatoms. The number of ether oxygens (including phenoxy) is 2. The molecular formula is C27H29N4O6S-. The number of nitrogens with two attached hydrogens (primary N) is 1. The molecule has 3 aromatic rings. The van der Waals surface area contributed by atoms with Gasteiger partial charge in [0.05, 0.1) is 13.7 Å². The lowest BCUT2D eigenvalue weighted by molar-refractivity contribution is -0.153. The molecule has 1 heterocycles. The summed E-state index contributed by atoms with van der Waals surface area (Å²) >= 11 is -2.74. The number of carbonyl (C=O) groups is 2. The molecule has 10 nitrogen and oxygen atoms in total. The van der Waals surface area contributed by atoms with Crippen molar-refractivity contribution >= 4 is 45.4 Å². The molecule has 1 saturated heterocycles. The van der Waals surface area contributed by atoms with E-state index in [1.54, 1.807) is 62.6 Å². The Balaban J connectivity index is 1.61. The lowest BCUT2D eigenvalue weighted by Gasteiger charge is -2.32. The second kappa shape index (κ2) is 11.6. The second-order valence-corrected chi connectivity index (χ2v) is 9.69. The molecule has 1 amide bonds. The van der Waals surface area contributed by atoms with Gasteiger partial charge in [-0.05, 0) is 53.9 Å². The largest absolute Gasteiger partial charge is 0.755 e. The number of amidine groups is 1. The number of hydrogen-bond donors (Lipinski definition) is 2. The van der Waals surface area contributed by atoms with Crippen LogP contribution < -0.4 is 14.8 Å². The molecule has 1 aliphatic rings. The van der Waals surface area contributed by atoms with Crippen molar-refractivity contribution in [3.8, 4) is 5.75 Å². The number of benzene rings is 3. The molecule has 0 aliphatic carbocycles. The van der Waals surface area contributed by atoms with Gasteiger partial charge in [0.25, 0.3) is 0 Å². The molecule has 0 bridgehead atoms. The first-order chi connectivity index (χ1) is 18.2. The van der Waals surface area contributed by atoms with Crippen LogP contribution in [0.25, 0.3) is 10.8 Å². The van der Waals surface area contributed by atoms with E-state index in [-0.39, 0.29) is 31.8 Å². The minimum atomic E-state index is -2.74. The summed E-state index contributed by atoms with van der Waals surface area (Å²) in [7, 11) is 1.57.